The quantitative estimate of drug-likeness (QED) is 0.944. The van der Waals surface area contributed by atoms with Crippen molar-refractivity contribution in [2.24, 2.45) is 5.73 Å². The van der Waals surface area contributed by atoms with Gasteiger partial charge in [-0.1, -0.05) is 11.6 Å². The summed E-state index contributed by atoms with van der Waals surface area (Å²) in [5, 5.41) is 2.65. The lowest BCUT2D eigenvalue weighted by Crippen LogP contribution is -2.04. The van der Waals surface area contributed by atoms with Crippen LogP contribution >= 0.6 is 11.3 Å². The highest BCUT2D eigenvalue weighted by molar-refractivity contribution is 7.90. The summed E-state index contributed by atoms with van der Waals surface area (Å²) < 4.78 is 23.7. The number of thiazole rings is 1. The molecular weight excluding hydrogens is 280 g/mol. The fourth-order valence-corrected chi connectivity index (χ4v) is 3.44. The van der Waals surface area contributed by atoms with Crippen LogP contribution in [0.25, 0.3) is 11.3 Å². The van der Waals surface area contributed by atoms with Crippen molar-refractivity contribution in [1.29, 1.82) is 0 Å². The molecule has 1 unspecified atom stereocenters. The van der Waals surface area contributed by atoms with Gasteiger partial charge in [-0.2, -0.15) is 0 Å². The van der Waals surface area contributed by atoms with Crippen molar-refractivity contribution >= 4 is 21.2 Å². The van der Waals surface area contributed by atoms with Crippen LogP contribution in [0.1, 0.15) is 23.5 Å². The molecule has 2 aromatic rings. The van der Waals surface area contributed by atoms with Gasteiger partial charge in [0.1, 0.15) is 5.01 Å². The van der Waals surface area contributed by atoms with Gasteiger partial charge in [-0.25, -0.2) is 13.4 Å². The van der Waals surface area contributed by atoms with Crippen molar-refractivity contribution in [3.05, 3.63) is 34.2 Å². The summed E-state index contributed by atoms with van der Waals surface area (Å²) in [7, 11) is -3.28. The number of hydrogen-bond acceptors (Lipinski definition) is 5. The zero-order valence-corrected chi connectivity index (χ0v) is 12.7. The lowest BCUT2D eigenvalue weighted by Gasteiger charge is -2.07. The molecule has 0 bridgehead atoms. The van der Waals surface area contributed by atoms with Crippen molar-refractivity contribution in [3.63, 3.8) is 0 Å². The van der Waals surface area contributed by atoms with E-state index in [1.807, 2.05) is 25.3 Å². The average molecular weight is 296 g/mol. The fourth-order valence-electron chi connectivity index (χ4n) is 1.79. The lowest BCUT2D eigenvalue weighted by molar-refractivity contribution is 0.602. The molecule has 0 aliphatic rings. The Balaban J connectivity index is 2.63. The Kier molecular flexibility index (Phi) is 3.75. The molecule has 4 nitrogen and oxygen atoms in total. The third kappa shape index (κ3) is 3.02. The monoisotopic (exact) mass is 296 g/mol. The molecule has 2 rings (SSSR count). The number of rotatable bonds is 3. The Labute approximate surface area is 117 Å². The second-order valence-corrected chi connectivity index (χ2v) is 7.51. The summed E-state index contributed by atoms with van der Waals surface area (Å²) in [6.07, 6.45) is 1.21. The minimum Gasteiger partial charge on any atom is -0.322 e. The summed E-state index contributed by atoms with van der Waals surface area (Å²) in [4.78, 5) is 4.73. The number of benzene rings is 1. The molecule has 0 aliphatic heterocycles. The summed E-state index contributed by atoms with van der Waals surface area (Å²) in [5.41, 5.74) is 8.10. The molecule has 0 saturated carbocycles. The van der Waals surface area contributed by atoms with E-state index < -0.39 is 9.84 Å². The SMILES string of the molecule is Cc1ccc(S(C)(=O)=O)c(-c2csc(C(C)N)n2)c1. The molecule has 0 spiro atoms. The first-order valence-corrected chi connectivity index (χ1v) is 8.58. The van der Waals surface area contributed by atoms with E-state index in [1.54, 1.807) is 12.1 Å². The van der Waals surface area contributed by atoms with E-state index in [-0.39, 0.29) is 6.04 Å². The molecule has 19 heavy (non-hydrogen) atoms. The van der Waals surface area contributed by atoms with Crippen LogP contribution < -0.4 is 5.73 Å². The molecule has 2 N–H and O–H groups in total. The maximum absolute atomic E-state index is 11.8. The van der Waals surface area contributed by atoms with Crippen LogP contribution in [0.4, 0.5) is 0 Å². The van der Waals surface area contributed by atoms with E-state index in [2.05, 4.69) is 4.98 Å². The summed E-state index contributed by atoms with van der Waals surface area (Å²) in [6, 6.07) is 5.12. The van der Waals surface area contributed by atoms with Crippen LogP contribution in [-0.2, 0) is 9.84 Å². The molecule has 102 valence electrons. The Hall–Kier alpha value is -1.24. The number of hydrogen-bond donors (Lipinski definition) is 1. The first kappa shape index (κ1) is 14.2. The summed E-state index contributed by atoms with van der Waals surface area (Å²) >= 11 is 1.45. The molecule has 1 aromatic carbocycles. The minimum absolute atomic E-state index is 0.148. The molecule has 1 atom stereocenters. The highest BCUT2D eigenvalue weighted by Gasteiger charge is 2.17. The van der Waals surface area contributed by atoms with Crippen molar-refractivity contribution in [1.82, 2.24) is 4.98 Å². The zero-order valence-electron chi connectivity index (χ0n) is 11.0. The molecule has 0 radical (unpaired) electrons. The second-order valence-electron chi connectivity index (χ2n) is 4.63. The van der Waals surface area contributed by atoms with Crippen LogP contribution in [0.5, 0.6) is 0 Å². The number of aromatic nitrogens is 1. The van der Waals surface area contributed by atoms with Gasteiger partial charge in [0.05, 0.1) is 16.6 Å². The highest BCUT2D eigenvalue weighted by atomic mass is 32.2. The Morgan fingerprint density at radius 2 is 2.05 bits per heavy atom. The van der Waals surface area contributed by atoms with Gasteiger partial charge < -0.3 is 5.73 Å². The number of sulfone groups is 1. The van der Waals surface area contributed by atoms with Crippen molar-refractivity contribution in [2.45, 2.75) is 24.8 Å². The van der Waals surface area contributed by atoms with E-state index in [4.69, 9.17) is 5.73 Å². The largest absolute Gasteiger partial charge is 0.322 e. The number of nitrogens with zero attached hydrogens (tertiary/aromatic N) is 1. The second kappa shape index (κ2) is 5.03. The van der Waals surface area contributed by atoms with E-state index in [0.29, 0.717) is 16.2 Å². The number of aryl methyl sites for hydroxylation is 1. The van der Waals surface area contributed by atoms with E-state index >= 15 is 0 Å². The highest BCUT2D eigenvalue weighted by Crippen LogP contribution is 2.30. The van der Waals surface area contributed by atoms with Gasteiger partial charge in [-0.3, -0.25) is 0 Å². The summed E-state index contributed by atoms with van der Waals surface area (Å²) in [6.45, 7) is 3.78. The number of nitrogens with two attached hydrogens (primary N) is 1. The van der Waals surface area contributed by atoms with Gasteiger partial charge in [-0.15, -0.1) is 11.3 Å². The third-order valence-electron chi connectivity index (χ3n) is 2.72. The van der Waals surface area contributed by atoms with Gasteiger partial charge in [-0.05, 0) is 26.0 Å². The predicted molar refractivity (Wildman–Crippen MR) is 78.0 cm³/mol. The minimum atomic E-state index is -3.28. The topological polar surface area (TPSA) is 73.0 Å². The molecular formula is C13H16N2O2S2. The van der Waals surface area contributed by atoms with Crippen molar-refractivity contribution in [3.8, 4) is 11.3 Å². The van der Waals surface area contributed by atoms with E-state index in [1.165, 1.54) is 17.6 Å². The van der Waals surface area contributed by atoms with Gasteiger partial charge >= 0.3 is 0 Å². The standard InChI is InChI=1S/C13H16N2O2S2/c1-8-4-5-12(19(3,16)17)10(6-8)11-7-18-13(15-11)9(2)14/h4-7,9H,14H2,1-3H3. The van der Waals surface area contributed by atoms with Crippen LogP contribution in [-0.4, -0.2) is 19.7 Å². The molecule has 1 heterocycles. The van der Waals surface area contributed by atoms with Gasteiger partial charge in [0, 0.05) is 17.2 Å². The van der Waals surface area contributed by atoms with Crippen LogP contribution in [0.2, 0.25) is 0 Å². The van der Waals surface area contributed by atoms with Crippen molar-refractivity contribution < 1.29 is 8.42 Å². The summed E-state index contributed by atoms with van der Waals surface area (Å²) in [5.74, 6) is 0. The van der Waals surface area contributed by atoms with E-state index in [9.17, 15) is 8.42 Å². The molecule has 6 heteroatoms. The molecule has 0 aliphatic carbocycles. The first-order chi connectivity index (χ1) is 8.79. The van der Waals surface area contributed by atoms with Crippen LogP contribution in [0.15, 0.2) is 28.5 Å². The van der Waals surface area contributed by atoms with Crippen molar-refractivity contribution in [2.75, 3.05) is 6.26 Å². The Morgan fingerprint density at radius 1 is 1.37 bits per heavy atom. The van der Waals surface area contributed by atoms with Crippen LogP contribution in [0.3, 0.4) is 0 Å². The van der Waals surface area contributed by atoms with Crippen LogP contribution in [0, 0.1) is 6.92 Å². The zero-order chi connectivity index (χ0) is 14.2. The average Bonchev–Trinajstić information content (AvgIpc) is 2.76. The molecule has 1 aromatic heterocycles. The maximum Gasteiger partial charge on any atom is 0.176 e. The molecule has 0 saturated heterocycles. The Bertz CT molecular complexity index is 703. The smallest absolute Gasteiger partial charge is 0.176 e. The fraction of sp³-hybridized carbons (Fsp3) is 0.308. The Morgan fingerprint density at radius 3 is 2.58 bits per heavy atom. The predicted octanol–water partition coefficient (Wildman–Crippen LogP) is 2.54. The van der Waals surface area contributed by atoms with Gasteiger partial charge in [0.15, 0.2) is 9.84 Å². The molecule has 0 amide bonds. The first-order valence-electron chi connectivity index (χ1n) is 5.81. The van der Waals surface area contributed by atoms with Gasteiger partial charge in [0.2, 0.25) is 0 Å². The third-order valence-corrected chi connectivity index (χ3v) is 4.92. The lowest BCUT2D eigenvalue weighted by atomic mass is 10.1. The molecule has 0 fully saturated rings. The van der Waals surface area contributed by atoms with E-state index in [0.717, 1.165) is 10.6 Å². The van der Waals surface area contributed by atoms with Gasteiger partial charge in [0.25, 0.3) is 0 Å². The normalized spacial score (nSPS) is 13.5. The maximum atomic E-state index is 11.8.